The van der Waals surface area contributed by atoms with E-state index in [2.05, 4.69) is 9.80 Å². The van der Waals surface area contributed by atoms with Gasteiger partial charge in [0.05, 0.1) is 33.1 Å². The Morgan fingerprint density at radius 2 is 1.05 bits per heavy atom. The van der Waals surface area contributed by atoms with Crippen molar-refractivity contribution in [1.29, 1.82) is 0 Å². The van der Waals surface area contributed by atoms with Crippen LogP contribution in [0.3, 0.4) is 0 Å². The zero-order valence-corrected chi connectivity index (χ0v) is 26.0. The van der Waals surface area contributed by atoms with Gasteiger partial charge in [-0.15, -0.1) is 0 Å². The predicted molar refractivity (Wildman–Crippen MR) is 161 cm³/mol. The van der Waals surface area contributed by atoms with Gasteiger partial charge in [0.15, 0.2) is 0 Å². The molecule has 0 unspecified atom stereocenters. The van der Waals surface area contributed by atoms with Gasteiger partial charge < -0.3 is 14.5 Å². The molecule has 12 heteroatoms. The average Bonchev–Trinajstić information content (AvgIpc) is 2.97. The topological polar surface area (TPSA) is 73.4 Å². The molecule has 2 aliphatic heterocycles. The summed E-state index contributed by atoms with van der Waals surface area (Å²) < 4.78 is 4.95. The number of ether oxygens (including phenoxy) is 1. The average molecular weight is 644 g/mol. The van der Waals surface area contributed by atoms with E-state index in [0.717, 1.165) is 11.1 Å². The minimum absolute atomic E-state index is 0.0531. The lowest BCUT2D eigenvalue weighted by Gasteiger charge is -2.36. The fraction of sp³-hybridized carbons (Fsp3) is 0.483. The number of halogens is 4. The summed E-state index contributed by atoms with van der Waals surface area (Å²) in [6.45, 7) is 6.37. The fourth-order valence-corrected chi connectivity index (χ4v) is 5.83. The maximum Gasteiger partial charge on any atom is 0.309 e. The minimum atomic E-state index is -0.816. The molecule has 0 aliphatic carbocycles. The zero-order chi connectivity index (χ0) is 29.5. The molecule has 0 spiro atoms. The van der Waals surface area contributed by atoms with Crippen molar-refractivity contribution < 1.29 is 19.1 Å². The molecule has 2 aromatic carbocycles. The molecular formula is C29H34Cl4N4O4. The van der Waals surface area contributed by atoms with Gasteiger partial charge in [-0.05, 0) is 35.4 Å². The van der Waals surface area contributed by atoms with Crippen LogP contribution in [-0.4, -0.2) is 96.9 Å². The van der Waals surface area contributed by atoms with Crippen LogP contribution >= 0.6 is 46.4 Å². The van der Waals surface area contributed by atoms with Crippen molar-refractivity contribution in [2.75, 3.05) is 59.5 Å². The Labute approximate surface area is 261 Å². The van der Waals surface area contributed by atoms with Gasteiger partial charge in [-0.1, -0.05) is 58.5 Å². The quantitative estimate of drug-likeness (QED) is 0.364. The van der Waals surface area contributed by atoms with Crippen LogP contribution < -0.4 is 0 Å². The van der Waals surface area contributed by atoms with Crippen LogP contribution in [0, 0.1) is 5.92 Å². The van der Waals surface area contributed by atoms with Gasteiger partial charge in [0.2, 0.25) is 11.8 Å². The normalized spacial score (nSPS) is 16.7. The summed E-state index contributed by atoms with van der Waals surface area (Å²) in [5, 5.41) is 2.08. The number of carbonyl (C=O) groups is 3. The van der Waals surface area contributed by atoms with Crippen LogP contribution in [0.15, 0.2) is 36.4 Å². The Hall–Kier alpha value is -2.07. The molecule has 2 aliphatic rings. The minimum Gasteiger partial charge on any atom is -0.469 e. The molecule has 4 rings (SSSR count). The standard InChI is InChI=1S/C29H34Cl4N4O4/c1-41-29(40)22(16-27(38)36-10-6-34(7-11-36)18-20-2-4-23(30)25(32)14-20)17-28(39)37-12-8-35(9-13-37)19-21-3-5-24(31)26(33)15-21/h2-5,14-15,22H,6-13,16-19H2,1H3. The third-order valence-electron chi connectivity index (χ3n) is 7.61. The summed E-state index contributed by atoms with van der Waals surface area (Å²) in [7, 11) is 1.29. The van der Waals surface area contributed by atoms with Gasteiger partial charge in [-0.2, -0.15) is 0 Å². The molecule has 8 nitrogen and oxygen atoms in total. The molecule has 0 bridgehead atoms. The SMILES string of the molecule is COC(=O)C(CC(=O)N1CCN(Cc2ccc(Cl)c(Cl)c2)CC1)CC(=O)N1CCN(Cc2ccc(Cl)c(Cl)c2)CC1. The van der Waals surface area contributed by atoms with Gasteiger partial charge in [0.1, 0.15) is 0 Å². The van der Waals surface area contributed by atoms with E-state index in [4.69, 9.17) is 51.1 Å². The highest BCUT2D eigenvalue weighted by Gasteiger charge is 2.32. The van der Waals surface area contributed by atoms with Crippen LogP contribution in [0.25, 0.3) is 0 Å². The highest BCUT2D eigenvalue weighted by Crippen LogP contribution is 2.25. The summed E-state index contributed by atoms with van der Waals surface area (Å²) >= 11 is 24.3. The highest BCUT2D eigenvalue weighted by atomic mass is 35.5. The first-order chi connectivity index (χ1) is 19.6. The molecule has 2 amide bonds. The molecule has 2 aromatic rings. The second-order valence-corrected chi connectivity index (χ2v) is 12.1. The number of methoxy groups -OCH3 is 1. The smallest absolute Gasteiger partial charge is 0.309 e. The van der Waals surface area contributed by atoms with Crippen molar-refractivity contribution >= 4 is 64.2 Å². The van der Waals surface area contributed by atoms with E-state index in [9.17, 15) is 14.4 Å². The summed E-state index contributed by atoms with van der Waals surface area (Å²) in [4.78, 5) is 46.8. The number of esters is 1. The van der Waals surface area contributed by atoms with Crippen molar-refractivity contribution in [2.45, 2.75) is 25.9 Å². The van der Waals surface area contributed by atoms with E-state index in [0.29, 0.717) is 85.5 Å². The van der Waals surface area contributed by atoms with E-state index in [-0.39, 0.29) is 24.7 Å². The van der Waals surface area contributed by atoms with Gasteiger partial charge in [-0.25, -0.2) is 0 Å². The molecule has 0 saturated carbocycles. The first-order valence-corrected chi connectivity index (χ1v) is 15.1. The Morgan fingerprint density at radius 1 is 0.659 bits per heavy atom. The molecule has 0 atom stereocenters. The molecule has 2 saturated heterocycles. The van der Waals surface area contributed by atoms with Crippen LogP contribution in [0.4, 0.5) is 0 Å². The fourth-order valence-electron chi connectivity index (χ4n) is 5.19. The van der Waals surface area contributed by atoms with Gasteiger partial charge >= 0.3 is 5.97 Å². The summed E-state index contributed by atoms with van der Waals surface area (Å²) in [6, 6.07) is 11.2. The van der Waals surface area contributed by atoms with E-state index < -0.39 is 11.9 Å². The lowest BCUT2D eigenvalue weighted by molar-refractivity contribution is -0.152. The summed E-state index contributed by atoms with van der Waals surface area (Å²) in [5.74, 6) is -1.64. The van der Waals surface area contributed by atoms with Crippen molar-refractivity contribution in [1.82, 2.24) is 19.6 Å². The van der Waals surface area contributed by atoms with E-state index in [1.807, 2.05) is 24.3 Å². The van der Waals surface area contributed by atoms with Gasteiger partial charge in [0.25, 0.3) is 0 Å². The molecule has 41 heavy (non-hydrogen) atoms. The monoisotopic (exact) mass is 642 g/mol. The predicted octanol–water partition coefficient (Wildman–Crippen LogP) is 4.86. The van der Waals surface area contributed by atoms with Crippen LogP contribution in [0.5, 0.6) is 0 Å². The molecule has 0 aromatic heterocycles. The highest BCUT2D eigenvalue weighted by molar-refractivity contribution is 6.42. The number of hydrogen-bond donors (Lipinski definition) is 0. The number of nitrogens with zero attached hydrogens (tertiary/aromatic N) is 4. The van der Waals surface area contributed by atoms with E-state index in [1.165, 1.54) is 7.11 Å². The number of piperazine rings is 2. The van der Waals surface area contributed by atoms with E-state index in [1.54, 1.807) is 21.9 Å². The first kappa shape index (κ1) is 31.9. The number of benzene rings is 2. The third-order valence-corrected chi connectivity index (χ3v) is 9.08. The number of carbonyl (C=O) groups excluding carboxylic acids is 3. The maximum atomic E-state index is 13.1. The van der Waals surface area contributed by atoms with E-state index >= 15 is 0 Å². The largest absolute Gasteiger partial charge is 0.469 e. The second-order valence-electron chi connectivity index (χ2n) is 10.4. The summed E-state index contributed by atoms with van der Waals surface area (Å²) in [6.07, 6.45) is -0.106. The van der Waals surface area contributed by atoms with Crippen molar-refractivity contribution in [2.24, 2.45) is 5.92 Å². The molecule has 0 N–H and O–H groups in total. The van der Waals surface area contributed by atoms with Crippen LogP contribution in [-0.2, 0) is 32.2 Å². The molecule has 222 valence electrons. The Bertz CT molecular complexity index is 1160. The Morgan fingerprint density at radius 3 is 1.39 bits per heavy atom. The molecule has 2 fully saturated rings. The third kappa shape index (κ3) is 8.96. The van der Waals surface area contributed by atoms with Crippen molar-refractivity contribution in [3.8, 4) is 0 Å². The second kappa shape index (κ2) is 14.9. The number of amides is 2. The Kier molecular flexibility index (Phi) is 11.6. The molecular weight excluding hydrogens is 610 g/mol. The van der Waals surface area contributed by atoms with Crippen molar-refractivity contribution in [3.05, 3.63) is 67.6 Å². The lowest BCUT2D eigenvalue weighted by atomic mass is 9.99. The van der Waals surface area contributed by atoms with Crippen molar-refractivity contribution in [3.63, 3.8) is 0 Å². The molecule has 0 radical (unpaired) electrons. The first-order valence-electron chi connectivity index (χ1n) is 13.6. The summed E-state index contributed by atoms with van der Waals surface area (Å²) in [5.41, 5.74) is 2.11. The lowest BCUT2D eigenvalue weighted by Crippen LogP contribution is -2.50. The zero-order valence-electron chi connectivity index (χ0n) is 23.0. The van der Waals surface area contributed by atoms with Crippen LogP contribution in [0.2, 0.25) is 20.1 Å². The Balaban J connectivity index is 1.23. The maximum absolute atomic E-state index is 13.1. The number of hydrogen-bond acceptors (Lipinski definition) is 6. The van der Waals surface area contributed by atoms with Gasteiger partial charge in [0, 0.05) is 78.3 Å². The van der Waals surface area contributed by atoms with Crippen LogP contribution in [0.1, 0.15) is 24.0 Å². The van der Waals surface area contributed by atoms with Gasteiger partial charge in [-0.3, -0.25) is 24.2 Å². The molecule has 2 heterocycles. The number of rotatable bonds is 9.